The summed E-state index contributed by atoms with van der Waals surface area (Å²) < 4.78 is 27.7. The minimum atomic E-state index is -3.75. The Bertz CT molecular complexity index is 1290. The molecule has 1 aliphatic rings. The number of fused-ring (bicyclic) bond motifs is 1. The zero-order valence-corrected chi connectivity index (χ0v) is 20.3. The largest absolute Gasteiger partial charge is 0.345 e. The molecular weight excluding hydrogens is 456 g/mol. The normalized spacial score (nSPS) is 14.3. The van der Waals surface area contributed by atoms with Crippen LogP contribution in [0.3, 0.4) is 0 Å². The number of hydrogen-bond acceptors (Lipinski definition) is 3. The van der Waals surface area contributed by atoms with Crippen molar-refractivity contribution in [2.45, 2.75) is 50.5 Å². The quantitative estimate of drug-likeness (QED) is 0.465. The molecule has 1 aliphatic carbocycles. The lowest BCUT2D eigenvalue weighted by Crippen LogP contribution is -2.27. The van der Waals surface area contributed by atoms with Gasteiger partial charge >= 0.3 is 0 Å². The number of anilines is 1. The van der Waals surface area contributed by atoms with Crippen molar-refractivity contribution in [2.75, 3.05) is 4.72 Å². The Morgan fingerprint density at radius 1 is 0.939 bits per heavy atom. The molecule has 0 aromatic heterocycles. The molecule has 33 heavy (non-hydrogen) atoms. The third-order valence-corrected chi connectivity index (χ3v) is 7.73. The topological polar surface area (TPSA) is 75.3 Å². The van der Waals surface area contributed by atoms with Gasteiger partial charge in [0.05, 0.1) is 27.2 Å². The van der Waals surface area contributed by atoms with Crippen molar-refractivity contribution in [1.29, 1.82) is 0 Å². The van der Waals surface area contributed by atoms with E-state index in [2.05, 4.69) is 28.2 Å². The van der Waals surface area contributed by atoms with Gasteiger partial charge in [0.15, 0.2) is 0 Å². The van der Waals surface area contributed by atoms with Crippen LogP contribution < -0.4 is 10.0 Å². The minimum Gasteiger partial charge on any atom is -0.345 e. The standard InChI is InChI=1S/C26H27ClN2O3S/c1-17-7-12-23(13-8-17)33(31,32)29-22-11-14-24(25(27)16-22)26(30)28-18(2)20-10-9-19-5-3-4-6-21(19)15-20/h7-16,18,29H,3-6H2,1-2H3,(H,28,30)/t18-/m0/s1. The van der Waals surface area contributed by atoms with E-state index < -0.39 is 10.0 Å². The first kappa shape index (κ1) is 23.3. The highest BCUT2D eigenvalue weighted by molar-refractivity contribution is 7.92. The molecule has 0 radical (unpaired) electrons. The molecule has 1 amide bonds. The molecule has 0 saturated heterocycles. The van der Waals surface area contributed by atoms with Crippen molar-refractivity contribution < 1.29 is 13.2 Å². The highest BCUT2D eigenvalue weighted by atomic mass is 35.5. The van der Waals surface area contributed by atoms with Crippen molar-refractivity contribution in [3.05, 3.63) is 93.5 Å². The molecule has 0 bridgehead atoms. The number of sulfonamides is 1. The van der Waals surface area contributed by atoms with Crippen molar-refractivity contribution in [3.63, 3.8) is 0 Å². The van der Waals surface area contributed by atoms with Crippen LogP contribution in [-0.4, -0.2) is 14.3 Å². The monoisotopic (exact) mass is 482 g/mol. The molecule has 0 aliphatic heterocycles. The van der Waals surface area contributed by atoms with Gasteiger partial charge in [-0.3, -0.25) is 9.52 Å². The predicted octanol–water partition coefficient (Wildman–Crippen LogP) is 5.82. The van der Waals surface area contributed by atoms with Gasteiger partial charge in [0.25, 0.3) is 15.9 Å². The molecule has 2 N–H and O–H groups in total. The van der Waals surface area contributed by atoms with Gasteiger partial charge in [0.2, 0.25) is 0 Å². The Morgan fingerprint density at radius 2 is 1.64 bits per heavy atom. The summed E-state index contributed by atoms with van der Waals surface area (Å²) >= 11 is 6.35. The molecule has 3 aromatic carbocycles. The van der Waals surface area contributed by atoms with Crippen LogP contribution in [0.5, 0.6) is 0 Å². The first-order valence-corrected chi connectivity index (χ1v) is 12.9. The molecule has 0 unspecified atom stereocenters. The fourth-order valence-corrected chi connectivity index (χ4v) is 5.39. The van der Waals surface area contributed by atoms with Gasteiger partial charge in [-0.25, -0.2) is 8.42 Å². The fraction of sp³-hybridized carbons (Fsp3) is 0.269. The third-order valence-electron chi connectivity index (χ3n) is 6.02. The first-order valence-electron chi connectivity index (χ1n) is 11.0. The molecule has 3 aromatic rings. The lowest BCUT2D eigenvalue weighted by atomic mass is 9.89. The summed E-state index contributed by atoms with van der Waals surface area (Å²) in [4.78, 5) is 13.0. The zero-order chi connectivity index (χ0) is 23.6. The summed E-state index contributed by atoms with van der Waals surface area (Å²) in [5.74, 6) is -0.307. The van der Waals surface area contributed by atoms with Gasteiger partial charge in [-0.15, -0.1) is 0 Å². The number of carbonyl (C=O) groups excluding carboxylic acids is 1. The van der Waals surface area contributed by atoms with Crippen LogP contribution in [0, 0.1) is 6.92 Å². The maximum absolute atomic E-state index is 12.9. The zero-order valence-electron chi connectivity index (χ0n) is 18.7. The fourth-order valence-electron chi connectivity index (χ4n) is 4.07. The Kier molecular flexibility index (Phi) is 6.77. The van der Waals surface area contributed by atoms with Gasteiger partial charge in [0, 0.05) is 0 Å². The van der Waals surface area contributed by atoms with Gasteiger partial charge in [-0.05, 0) is 86.6 Å². The van der Waals surface area contributed by atoms with E-state index in [1.165, 1.54) is 42.2 Å². The van der Waals surface area contributed by atoms with Crippen LogP contribution in [0.25, 0.3) is 0 Å². The molecule has 1 atom stereocenters. The highest BCUT2D eigenvalue weighted by Gasteiger charge is 2.19. The molecular formula is C26H27ClN2O3S. The van der Waals surface area contributed by atoms with E-state index in [1.807, 2.05) is 13.8 Å². The van der Waals surface area contributed by atoms with Gasteiger partial charge in [0.1, 0.15) is 0 Å². The number of amides is 1. The summed E-state index contributed by atoms with van der Waals surface area (Å²) in [5.41, 5.74) is 5.37. The molecule has 5 nitrogen and oxygen atoms in total. The lowest BCUT2D eigenvalue weighted by Gasteiger charge is -2.20. The molecule has 0 fully saturated rings. The van der Waals surface area contributed by atoms with Crippen LogP contribution in [0.2, 0.25) is 5.02 Å². The van der Waals surface area contributed by atoms with Crippen LogP contribution in [0.1, 0.15) is 58.4 Å². The second kappa shape index (κ2) is 9.57. The van der Waals surface area contributed by atoms with Gasteiger partial charge in [-0.1, -0.05) is 47.5 Å². The van der Waals surface area contributed by atoms with Crippen molar-refractivity contribution >= 4 is 33.2 Å². The summed E-state index contributed by atoms with van der Waals surface area (Å²) in [7, 11) is -3.75. The molecule has 0 saturated carbocycles. The summed E-state index contributed by atoms with van der Waals surface area (Å²) in [6, 6.07) is 17.3. The summed E-state index contributed by atoms with van der Waals surface area (Å²) in [6.07, 6.45) is 4.63. The number of carbonyl (C=O) groups is 1. The number of hydrogen-bond donors (Lipinski definition) is 2. The first-order chi connectivity index (χ1) is 15.7. The Labute approximate surface area is 200 Å². The number of nitrogens with one attached hydrogen (secondary N) is 2. The summed E-state index contributed by atoms with van der Waals surface area (Å²) in [6.45, 7) is 3.83. The van der Waals surface area contributed by atoms with Crippen LogP contribution in [0.4, 0.5) is 5.69 Å². The summed E-state index contributed by atoms with van der Waals surface area (Å²) in [5, 5.41) is 3.17. The van der Waals surface area contributed by atoms with Crippen molar-refractivity contribution in [1.82, 2.24) is 5.32 Å². The Morgan fingerprint density at radius 3 is 2.33 bits per heavy atom. The van der Waals surface area contributed by atoms with E-state index in [-0.39, 0.29) is 21.9 Å². The Hall–Kier alpha value is -2.83. The average molecular weight is 483 g/mol. The van der Waals surface area contributed by atoms with E-state index >= 15 is 0 Å². The second-order valence-corrected chi connectivity index (χ2v) is 10.6. The Balaban J connectivity index is 1.46. The number of aryl methyl sites for hydroxylation is 3. The smallest absolute Gasteiger partial charge is 0.261 e. The van der Waals surface area contributed by atoms with Crippen LogP contribution >= 0.6 is 11.6 Å². The van der Waals surface area contributed by atoms with Crippen LogP contribution in [0.15, 0.2) is 65.6 Å². The highest BCUT2D eigenvalue weighted by Crippen LogP contribution is 2.27. The van der Waals surface area contributed by atoms with Crippen LogP contribution in [-0.2, 0) is 22.9 Å². The third kappa shape index (κ3) is 5.40. The van der Waals surface area contributed by atoms with E-state index in [0.29, 0.717) is 11.3 Å². The van der Waals surface area contributed by atoms with Crippen molar-refractivity contribution in [3.8, 4) is 0 Å². The maximum atomic E-state index is 12.9. The van der Waals surface area contributed by atoms with E-state index in [4.69, 9.17) is 11.6 Å². The van der Waals surface area contributed by atoms with E-state index in [1.54, 1.807) is 24.3 Å². The number of rotatable bonds is 6. The molecule has 7 heteroatoms. The van der Waals surface area contributed by atoms with Gasteiger partial charge in [-0.2, -0.15) is 0 Å². The average Bonchev–Trinajstić information content (AvgIpc) is 2.78. The molecule has 4 rings (SSSR count). The minimum absolute atomic E-state index is 0.157. The van der Waals surface area contributed by atoms with Gasteiger partial charge < -0.3 is 5.32 Å². The number of benzene rings is 3. The SMILES string of the molecule is Cc1ccc(S(=O)(=O)Nc2ccc(C(=O)N[C@@H](C)c3ccc4c(c3)CCCC4)c(Cl)c2)cc1. The lowest BCUT2D eigenvalue weighted by molar-refractivity contribution is 0.0940. The molecule has 0 heterocycles. The molecule has 172 valence electrons. The maximum Gasteiger partial charge on any atom is 0.261 e. The van der Waals surface area contributed by atoms with E-state index in [0.717, 1.165) is 24.0 Å². The second-order valence-electron chi connectivity index (χ2n) is 8.54. The number of halogens is 1. The predicted molar refractivity (Wildman–Crippen MR) is 132 cm³/mol. The molecule has 0 spiro atoms. The van der Waals surface area contributed by atoms with E-state index in [9.17, 15) is 13.2 Å². The van der Waals surface area contributed by atoms with Crippen molar-refractivity contribution in [2.24, 2.45) is 0 Å².